The number of allylic oxidation sites excluding steroid dienone is 1. The first-order valence-electron chi connectivity index (χ1n) is 6.40. The largest absolute Gasteiger partial charge is 0.356 e. The Morgan fingerprint density at radius 3 is 3.11 bits per heavy atom. The number of amides is 1. The van der Waals surface area contributed by atoms with Gasteiger partial charge in [0.25, 0.3) is 5.91 Å². The summed E-state index contributed by atoms with van der Waals surface area (Å²) in [6.45, 7) is 2.65. The van der Waals surface area contributed by atoms with Crippen molar-refractivity contribution in [2.75, 3.05) is 18.6 Å². The zero-order valence-corrected chi connectivity index (χ0v) is 10.5. The molecule has 1 unspecified atom stereocenters. The summed E-state index contributed by atoms with van der Waals surface area (Å²) in [6.07, 6.45) is 4.23. The molecule has 2 aliphatic heterocycles. The lowest BCUT2D eigenvalue weighted by atomic mass is 9.85. The van der Waals surface area contributed by atoms with Crippen molar-refractivity contribution in [3.8, 4) is 0 Å². The maximum absolute atomic E-state index is 12.7. The fraction of sp³-hybridized carbons (Fsp3) is 0.400. The lowest BCUT2D eigenvalue weighted by Gasteiger charge is -2.29. The highest BCUT2D eigenvalue weighted by atomic mass is 16.5. The lowest BCUT2D eigenvalue weighted by Crippen LogP contribution is -2.44. The van der Waals surface area contributed by atoms with Crippen LogP contribution in [0.4, 0.5) is 5.69 Å². The number of fused-ring (bicyclic) bond motifs is 2. The van der Waals surface area contributed by atoms with Crippen LogP contribution in [0.3, 0.4) is 0 Å². The van der Waals surface area contributed by atoms with Gasteiger partial charge in [0.1, 0.15) is 0 Å². The van der Waals surface area contributed by atoms with E-state index >= 15 is 0 Å². The average Bonchev–Trinajstić information content (AvgIpc) is 2.63. The van der Waals surface area contributed by atoms with Gasteiger partial charge in [0.2, 0.25) is 0 Å². The smallest absolute Gasteiger partial charge is 0.264 e. The normalized spacial score (nSPS) is 35.9. The molecular weight excluding hydrogens is 226 g/mol. The van der Waals surface area contributed by atoms with Crippen molar-refractivity contribution in [2.45, 2.75) is 18.4 Å². The Labute approximate surface area is 106 Å². The van der Waals surface area contributed by atoms with Crippen molar-refractivity contribution in [1.29, 1.82) is 0 Å². The van der Waals surface area contributed by atoms with Crippen LogP contribution in [-0.4, -0.2) is 19.6 Å². The Bertz CT molecular complexity index is 592. The van der Waals surface area contributed by atoms with E-state index < -0.39 is 5.60 Å². The third-order valence-electron chi connectivity index (χ3n) is 4.72. The number of hydrogen-bond donors (Lipinski definition) is 0. The van der Waals surface area contributed by atoms with E-state index in [1.54, 1.807) is 4.90 Å². The van der Waals surface area contributed by atoms with Crippen LogP contribution < -0.4 is 4.90 Å². The highest BCUT2D eigenvalue weighted by Gasteiger charge is 2.62. The van der Waals surface area contributed by atoms with Gasteiger partial charge in [-0.3, -0.25) is 4.79 Å². The van der Waals surface area contributed by atoms with Gasteiger partial charge in [0.15, 0.2) is 5.60 Å². The average molecular weight is 241 g/mol. The second-order valence-corrected chi connectivity index (χ2v) is 5.39. The Hall–Kier alpha value is -1.61. The zero-order chi connectivity index (χ0) is 12.5. The van der Waals surface area contributed by atoms with Gasteiger partial charge in [-0.25, -0.2) is 0 Å². The van der Waals surface area contributed by atoms with Gasteiger partial charge >= 0.3 is 0 Å². The van der Waals surface area contributed by atoms with Crippen LogP contribution in [0, 0.1) is 5.92 Å². The molecule has 4 rings (SSSR count). The van der Waals surface area contributed by atoms with E-state index in [0.717, 1.165) is 11.3 Å². The summed E-state index contributed by atoms with van der Waals surface area (Å²) in [4.78, 5) is 14.4. The molecule has 3 aliphatic rings. The van der Waals surface area contributed by atoms with Crippen LogP contribution in [-0.2, 0) is 15.1 Å². The Balaban J connectivity index is 2.12. The summed E-state index contributed by atoms with van der Waals surface area (Å²) in [5.41, 5.74) is 2.64. The second kappa shape index (κ2) is 3.04. The summed E-state index contributed by atoms with van der Waals surface area (Å²) in [5, 5.41) is 0. The molecule has 0 saturated heterocycles. The van der Waals surface area contributed by atoms with Crippen molar-refractivity contribution in [3.05, 3.63) is 41.5 Å². The number of hydrogen-bond acceptors (Lipinski definition) is 2. The monoisotopic (exact) mass is 241 g/mol. The summed E-state index contributed by atoms with van der Waals surface area (Å²) >= 11 is 0. The van der Waals surface area contributed by atoms with Crippen LogP contribution in [0.5, 0.6) is 0 Å². The molecule has 0 fully saturated rings. The van der Waals surface area contributed by atoms with E-state index in [1.807, 2.05) is 25.3 Å². The predicted molar refractivity (Wildman–Crippen MR) is 68.5 cm³/mol. The van der Waals surface area contributed by atoms with Crippen LogP contribution in [0.2, 0.25) is 0 Å². The van der Waals surface area contributed by atoms with Crippen LogP contribution in [0.1, 0.15) is 24.0 Å². The number of ether oxygens (including phenoxy) is 1. The van der Waals surface area contributed by atoms with Gasteiger partial charge in [0.05, 0.1) is 12.3 Å². The quantitative estimate of drug-likeness (QED) is 0.651. The molecule has 92 valence electrons. The second-order valence-electron chi connectivity index (χ2n) is 5.39. The number of carbonyl (C=O) groups excluding carboxylic acids is 1. The standard InChI is InChI=1S/C15H15NO2/c1-9-10-6-4-8-18-15(9)13-11(10)5-3-7-12(13)16(2)14(15)17/h3-7,9-10H,8H2,1-2H3/t9?,10-,15+/m0/s1. The maximum atomic E-state index is 12.7. The van der Waals surface area contributed by atoms with Crippen molar-refractivity contribution in [3.63, 3.8) is 0 Å². The third kappa shape index (κ3) is 0.872. The number of anilines is 1. The van der Waals surface area contributed by atoms with Gasteiger partial charge in [-0.2, -0.15) is 0 Å². The first kappa shape index (κ1) is 10.3. The Kier molecular flexibility index (Phi) is 1.74. The van der Waals surface area contributed by atoms with Crippen LogP contribution in [0.15, 0.2) is 30.4 Å². The molecule has 3 heteroatoms. The number of carbonyl (C=O) groups is 1. The molecular formula is C15H15NO2. The van der Waals surface area contributed by atoms with E-state index in [4.69, 9.17) is 4.74 Å². The molecule has 1 aliphatic carbocycles. The molecule has 3 atom stereocenters. The molecule has 0 radical (unpaired) electrons. The van der Waals surface area contributed by atoms with Crippen molar-refractivity contribution < 1.29 is 9.53 Å². The van der Waals surface area contributed by atoms with Gasteiger partial charge in [-0.15, -0.1) is 0 Å². The molecule has 2 bridgehead atoms. The summed E-state index contributed by atoms with van der Waals surface area (Å²) in [6, 6.07) is 6.18. The van der Waals surface area contributed by atoms with E-state index in [9.17, 15) is 4.79 Å². The lowest BCUT2D eigenvalue weighted by molar-refractivity contribution is -0.147. The minimum absolute atomic E-state index is 0.0867. The van der Waals surface area contributed by atoms with Crippen LogP contribution >= 0.6 is 0 Å². The molecule has 0 saturated carbocycles. The van der Waals surface area contributed by atoms with Crippen molar-refractivity contribution in [1.82, 2.24) is 0 Å². The number of likely N-dealkylation sites (N-methyl/N-ethyl adjacent to an activating group) is 1. The van der Waals surface area contributed by atoms with Crippen molar-refractivity contribution in [2.24, 2.45) is 5.92 Å². The molecule has 1 aromatic carbocycles. The number of benzene rings is 1. The highest BCUT2D eigenvalue weighted by Crippen LogP contribution is 2.59. The van der Waals surface area contributed by atoms with Crippen molar-refractivity contribution >= 4 is 11.6 Å². The maximum Gasteiger partial charge on any atom is 0.264 e. The highest BCUT2D eigenvalue weighted by molar-refractivity contribution is 6.08. The topological polar surface area (TPSA) is 29.5 Å². The van der Waals surface area contributed by atoms with Gasteiger partial charge in [0, 0.05) is 24.4 Å². The van der Waals surface area contributed by atoms with E-state index in [1.165, 1.54) is 5.56 Å². The fourth-order valence-corrected chi connectivity index (χ4v) is 3.85. The minimum atomic E-state index is -0.741. The van der Waals surface area contributed by atoms with Gasteiger partial charge < -0.3 is 9.64 Å². The Morgan fingerprint density at radius 1 is 1.44 bits per heavy atom. The predicted octanol–water partition coefficient (Wildman–Crippen LogP) is 2.18. The fourth-order valence-electron chi connectivity index (χ4n) is 3.85. The molecule has 18 heavy (non-hydrogen) atoms. The minimum Gasteiger partial charge on any atom is -0.356 e. The molecule has 1 aromatic rings. The van der Waals surface area contributed by atoms with E-state index in [-0.39, 0.29) is 11.8 Å². The molecule has 0 aromatic heterocycles. The van der Waals surface area contributed by atoms with E-state index in [0.29, 0.717) is 12.5 Å². The van der Waals surface area contributed by atoms with Gasteiger partial charge in [-0.1, -0.05) is 31.2 Å². The van der Waals surface area contributed by atoms with Gasteiger partial charge in [-0.05, 0) is 11.6 Å². The molecule has 0 N–H and O–H groups in total. The molecule has 1 amide bonds. The number of nitrogens with zero attached hydrogens (tertiary/aromatic N) is 1. The Morgan fingerprint density at radius 2 is 2.28 bits per heavy atom. The zero-order valence-electron chi connectivity index (χ0n) is 10.5. The molecule has 3 nitrogen and oxygen atoms in total. The summed E-state index contributed by atoms with van der Waals surface area (Å²) in [5.74, 6) is 0.564. The first-order valence-corrected chi connectivity index (χ1v) is 6.40. The summed E-state index contributed by atoms with van der Waals surface area (Å²) in [7, 11) is 1.84. The van der Waals surface area contributed by atoms with E-state index in [2.05, 4.69) is 19.1 Å². The SMILES string of the molecule is CC1[C@@H]2C=CCO[C@]13C(=O)N(C)c1cccc2c13. The third-order valence-corrected chi connectivity index (χ3v) is 4.72. The molecule has 2 heterocycles. The first-order chi connectivity index (χ1) is 8.68. The van der Waals surface area contributed by atoms with Crippen LogP contribution in [0.25, 0.3) is 0 Å². The summed E-state index contributed by atoms with van der Waals surface area (Å²) < 4.78 is 6.03. The number of rotatable bonds is 0. The molecule has 1 spiro atoms.